The number of hydrogen-bond acceptors (Lipinski definition) is 6. The van der Waals surface area contributed by atoms with Gasteiger partial charge in [0.15, 0.2) is 0 Å². The van der Waals surface area contributed by atoms with Crippen LogP contribution in [0.3, 0.4) is 0 Å². The van der Waals surface area contributed by atoms with Crippen LogP contribution in [-0.2, 0) is 0 Å². The Balaban J connectivity index is 3.23. The van der Waals surface area contributed by atoms with Crippen molar-refractivity contribution in [1.29, 1.82) is 0 Å². The number of thiol groups is 1. The Morgan fingerprint density at radius 1 is 1.44 bits per heavy atom. The number of benzene rings is 1. The summed E-state index contributed by atoms with van der Waals surface area (Å²) in [5.41, 5.74) is -1.03. The third-order valence-electron chi connectivity index (χ3n) is 2.34. The van der Waals surface area contributed by atoms with Crippen LogP contribution in [0.15, 0.2) is 18.2 Å². The monoisotopic (exact) mass is 273 g/mol. The molecule has 0 radical (unpaired) electrons. The fourth-order valence-electron chi connectivity index (χ4n) is 1.39. The van der Waals surface area contributed by atoms with Gasteiger partial charge < -0.3 is 15.3 Å². The van der Waals surface area contributed by atoms with Crippen molar-refractivity contribution in [2.24, 2.45) is 0 Å². The van der Waals surface area contributed by atoms with E-state index in [1.807, 2.05) is 0 Å². The fourth-order valence-corrected chi connectivity index (χ4v) is 1.59. The van der Waals surface area contributed by atoms with Gasteiger partial charge in [-0.05, 0) is 17.7 Å². The molecule has 0 spiro atoms. The number of aliphatic hydroxyl groups excluding tert-OH is 2. The van der Waals surface area contributed by atoms with Crippen LogP contribution in [-0.4, -0.2) is 38.1 Å². The van der Waals surface area contributed by atoms with E-state index < -0.39 is 34.4 Å². The van der Waals surface area contributed by atoms with Crippen LogP contribution in [0.4, 0.5) is 5.69 Å². The molecule has 18 heavy (non-hydrogen) atoms. The highest BCUT2D eigenvalue weighted by atomic mass is 32.1. The average Bonchev–Trinajstić information content (AvgIpc) is 2.35. The summed E-state index contributed by atoms with van der Waals surface area (Å²) in [6, 6.07) is 3.15. The van der Waals surface area contributed by atoms with Crippen molar-refractivity contribution in [2.45, 2.75) is 12.2 Å². The van der Waals surface area contributed by atoms with Crippen molar-refractivity contribution < 1.29 is 25.0 Å². The van der Waals surface area contributed by atoms with Crippen LogP contribution in [0.25, 0.3) is 0 Å². The molecular weight excluding hydrogens is 262 g/mol. The van der Waals surface area contributed by atoms with Crippen LogP contribution in [0, 0.1) is 10.1 Å². The highest BCUT2D eigenvalue weighted by Crippen LogP contribution is 2.25. The third-order valence-corrected chi connectivity index (χ3v) is 2.71. The molecule has 0 aromatic heterocycles. The molecule has 0 saturated heterocycles. The predicted molar refractivity (Wildman–Crippen MR) is 64.9 cm³/mol. The number of nitro benzene ring substituents is 1. The Morgan fingerprint density at radius 2 is 2.06 bits per heavy atom. The molecule has 1 aromatic rings. The Hall–Kier alpha value is -1.64. The lowest BCUT2D eigenvalue weighted by Gasteiger charge is -2.16. The first-order chi connectivity index (χ1) is 8.38. The average molecular weight is 273 g/mol. The van der Waals surface area contributed by atoms with Gasteiger partial charge in [0.2, 0.25) is 0 Å². The summed E-state index contributed by atoms with van der Waals surface area (Å²) in [5, 5.41) is 38.5. The lowest BCUT2D eigenvalue weighted by Crippen LogP contribution is -2.20. The van der Waals surface area contributed by atoms with E-state index in [9.17, 15) is 25.1 Å². The highest BCUT2D eigenvalue weighted by Gasteiger charge is 2.24. The zero-order valence-corrected chi connectivity index (χ0v) is 9.95. The van der Waals surface area contributed by atoms with E-state index in [0.717, 1.165) is 12.1 Å². The van der Waals surface area contributed by atoms with Crippen molar-refractivity contribution in [1.82, 2.24) is 0 Å². The van der Waals surface area contributed by atoms with Crippen molar-refractivity contribution in [3.05, 3.63) is 39.4 Å². The lowest BCUT2D eigenvalue weighted by molar-refractivity contribution is -0.385. The van der Waals surface area contributed by atoms with Gasteiger partial charge in [-0.3, -0.25) is 10.1 Å². The topological polar surface area (TPSA) is 121 Å². The van der Waals surface area contributed by atoms with Crippen LogP contribution in [0.2, 0.25) is 0 Å². The first-order valence-electron chi connectivity index (χ1n) is 4.87. The van der Waals surface area contributed by atoms with E-state index >= 15 is 0 Å². The van der Waals surface area contributed by atoms with Crippen molar-refractivity contribution in [3.8, 4) is 0 Å². The number of nitro groups is 1. The number of aromatic carboxylic acids is 1. The molecule has 1 aromatic carbocycles. The molecule has 7 nitrogen and oxygen atoms in total. The van der Waals surface area contributed by atoms with Gasteiger partial charge in [-0.25, -0.2) is 4.79 Å². The highest BCUT2D eigenvalue weighted by molar-refractivity contribution is 7.80. The Bertz CT molecular complexity index is 477. The molecule has 0 aliphatic carbocycles. The summed E-state index contributed by atoms with van der Waals surface area (Å²) in [7, 11) is 0. The largest absolute Gasteiger partial charge is 0.477 e. The van der Waals surface area contributed by atoms with Gasteiger partial charge in [0, 0.05) is 11.8 Å². The Morgan fingerprint density at radius 3 is 2.50 bits per heavy atom. The minimum Gasteiger partial charge on any atom is -0.477 e. The van der Waals surface area contributed by atoms with Crippen LogP contribution in [0.5, 0.6) is 0 Å². The fraction of sp³-hybridized carbons (Fsp3) is 0.300. The van der Waals surface area contributed by atoms with Crippen molar-refractivity contribution in [3.63, 3.8) is 0 Å². The number of carboxylic acid groups (broad SMARTS) is 1. The molecule has 0 aliphatic heterocycles. The summed E-state index contributed by atoms with van der Waals surface area (Å²) in [6.07, 6.45) is -2.53. The second kappa shape index (κ2) is 5.80. The minimum absolute atomic E-state index is 0.0272. The normalized spacial score (nSPS) is 13.9. The molecule has 0 heterocycles. The van der Waals surface area contributed by atoms with Gasteiger partial charge in [0.25, 0.3) is 5.69 Å². The maximum atomic E-state index is 10.9. The number of nitrogens with zero attached hydrogens (tertiary/aromatic N) is 1. The van der Waals surface area contributed by atoms with Gasteiger partial charge in [-0.2, -0.15) is 12.6 Å². The summed E-state index contributed by atoms with van der Waals surface area (Å²) in [5.74, 6) is -1.50. The summed E-state index contributed by atoms with van der Waals surface area (Å²) in [6.45, 7) is 0. The number of carboxylic acids is 1. The number of hydrogen-bond donors (Lipinski definition) is 4. The van der Waals surface area contributed by atoms with E-state index in [4.69, 9.17) is 5.11 Å². The minimum atomic E-state index is -1.48. The van der Waals surface area contributed by atoms with Crippen LogP contribution in [0.1, 0.15) is 22.0 Å². The summed E-state index contributed by atoms with van der Waals surface area (Å²) < 4.78 is 0. The van der Waals surface area contributed by atoms with Gasteiger partial charge in [0.05, 0.1) is 11.0 Å². The summed E-state index contributed by atoms with van der Waals surface area (Å²) >= 11 is 3.79. The molecule has 1 rings (SSSR count). The molecule has 0 saturated carbocycles. The van der Waals surface area contributed by atoms with Crippen LogP contribution < -0.4 is 0 Å². The molecule has 0 amide bonds. The van der Waals surface area contributed by atoms with E-state index in [1.165, 1.54) is 6.07 Å². The second-order valence-electron chi connectivity index (χ2n) is 3.53. The molecule has 0 fully saturated rings. The first kappa shape index (κ1) is 14.4. The second-order valence-corrected chi connectivity index (χ2v) is 3.90. The van der Waals surface area contributed by atoms with Crippen LogP contribution >= 0.6 is 12.6 Å². The van der Waals surface area contributed by atoms with E-state index in [-0.39, 0.29) is 11.3 Å². The maximum absolute atomic E-state index is 10.9. The van der Waals surface area contributed by atoms with Gasteiger partial charge in [0.1, 0.15) is 11.7 Å². The SMILES string of the molecule is O=C(O)c1cc(C(O)C(O)CS)ccc1[N+](=O)[O-]. The third kappa shape index (κ3) is 2.97. The molecule has 2 atom stereocenters. The zero-order chi connectivity index (χ0) is 13.9. The summed E-state index contributed by atoms with van der Waals surface area (Å²) in [4.78, 5) is 20.7. The number of rotatable bonds is 5. The van der Waals surface area contributed by atoms with Gasteiger partial charge in [-0.1, -0.05) is 0 Å². The smallest absolute Gasteiger partial charge is 0.342 e. The molecule has 98 valence electrons. The molecular formula is C10H11NO6S. The molecule has 2 unspecified atom stereocenters. The Kier molecular flexibility index (Phi) is 4.65. The molecule has 3 N–H and O–H groups in total. The molecule has 0 bridgehead atoms. The molecule has 8 heteroatoms. The number of carbonyl (C=O) groups is 1. The first-order valence-corrected chi connectivity index (χ1v) is 5.50. The quantitative estimate of drug-likeness (QED) is 0.354. The van der Waals surface area contributed by atoms with Crippen molar-refractivity contribution >= 4 is 24.3 Å². The van der Waals surface area contributed by atoms with E-state index in [2.05, 4.69) is 12.6 Å². The van der Waals surface area contributed by atoms with Gasteiger partial charge in [-0.15, -0.1) is 0 Å². The van der Waals surface area contributed by atoms with E-state index in [0.29, 0.717) is 0 Å². The number of aliphatic hydroxyl groups is 2. The van der Waals surface area contributed by atoms with Gasteiger partial charge >= 0.3 is 5.97 Å². The predicted octanol–water partition coefficient (Wildman–Crippen LogP) is 0.617. The standard InChI is InChI=1S/C10H11NO6S/c12-8(4-18)9(13)5-1-2-7(11(16)17)6(3-5)10(14)15/h1-3,8-9,12-13,18H,4H2,(H,14,15). The van der Waals surface area contributed by atoms with E-state index in [1.54, 1.807) is 0 Å². The van der Waals surface area contributed by atoms with Crippen molar-refractivity contribution in [2.75, 3.05) is 5.75 Å². The molecule has 0 aliphatic rings. The Labute approximate surface area is 107 Å². The maximum Gasteiger partial charge on any atom is 0.342 e. The zero-order valence-electron chi connectivity index (χ0n) is 9.05. The lowest BCUT2D eigenvalue weighted by atomic mass is 10.0.